The van der Waals surface area contributed by atoms with Crippen LogP contribution in [0.1, 0.15) is 44.7 Å². The molecule has 18 heavy (non-hydrogen) atoms. The molecule has 1 fully saturated rings. The van der Waals surface area contributed by atoms with E-state index in [9.17, 15) is 0 Å². The Morgan fingerprint density at radius 1 is 1.44 bits per heavy atom. The standard InChI is InChI=1S/C14H26N4/c1-12(2)18-11-13(8-16-18)10-17-7-5-4-6-14(17)9-15-3/h8,11-12,14-15H,4-7,9-10H2,1-3H3. The first-order valence-corrected chi connectivity index (χ1v) is 7.12. The van der Waals surface area contributed by atoms with Crippen molar-refractivity contribution in [2.24, 2.45) is 0 Å². The van der Waals surface area contributed by atoms with Crippen LogP contribution in [0, 0.1) is 0 Å². The zero-order chi connectivity index (χ0) is 13.0. The van der Waals surface area contributed by atoms with Crippen molar-refractivity contribution in [3.05, 3.63) is 18.0 Å². The molecule has 102 valence electrons. The molecule has 0 amide bonds. The molecule has 1 aliphatic rings. The minimum atomic E-state index is 0.452. The molecule has 1 aromatic rings. The van der Waals surface area contributed by atoms with Crippen molar-refractivity contribution in [3.63, 3.8) is 0 Å². The Balaban J connectivity index is 1.97. The van der Waals surface area contributed by atoms with Crippen LogP contribution in [0.25, 0.3) is 0 Å². The number of piperidine rings is 1. The first kappa shape index (κ1) is 13.6. The van der Waals surface area contributed by atoms with Crippen LogP contribution in [0.3, 0.4) is 0 Å². The highest BCUT2D eigenvalue weighted by Gasteiger charge is 2.22. The van der Waals surface area contributed by atoms with E-state index >= 15 is 0 Å². The van der Waals surface area contributed by atoms with Gasteiger partial charge in [-0.25, -0.2) is 0 Å². The number of hydrogen-bond donors (Lipinski definition) is 1. The van der Waals surface area contributed by atoms with Gasteiger partial charge in [0, 0.05) is 36.9 Å². The molecule has 1 atom stereocenters. The molecule has 1 N–H and O–H groups in total. The second-order valence-electron chi connectivity index (χ2n) is 5.60. The molecular weight excluding hydrogens is 224 g/mol. The van der Waals surface area contributed by atoms with Crippen LogP contribution in [-0.2, 0) is 6.54 Å². The third-order valence-electron chi connectivity index (χ3n) is 3.76. The fraction of sp³-hybridized carbons (Fsp3) is 0.786. The van der Waals surface area contributed by atoms with Crippen LogP contribution >= 0.6 is 0 Å². The zero-order valence-electron chi connectivity index (χ0n) is 11.9. The van der Waals surface area contributed by atoms with E-state index in [1.165, 1.54) is 31.4 Å². The lowest BCUT2D eigenvalue weighted by Crippen LogP contribution is -2.44. The molecule has 1 saturated heterocycles. The minimum absolute atomic E-state index is 0.452. The molecule has 4 heteroatoms. The van der Waals surface area contributed by atoms with Gasteiger partial charge in [-0.1, -0.05) is 6.42 Å². The SMILES string of the molecule is CNCC1CCCCN1Cc1cnn(C(C)C)c1. The number of aromatic nitrogens is 2. The fourth-order valence-electron chi connectivity index (χ4n) is 2.71. The lowest BCUT2D eigenvalue weighted by Gasteiger charge is -2.35. The number of likely N-dealkylation sites (tertiary alicyclic amines) is 1. The predicted octanol–water partition coefficient (Wildman–Crippen LogP) is 2.04. The van der Waals surface area contributed by atoms with E-state index in [1.54, 1.807) is 0 Å². The smallest absolute Gasteiger partial charge is 0.0534 e. The summed E-state index contributed by atoms with van der Waals surface area (Å²) in [7, 11) is 2.05. The van der Waals surface area contributed by atoms with Crippen LogP contribution in [-0.4, -0.2) is 40.9 Å². The molecule has 0 bridgehead atoms. The molecular formula is C14H26N4. The average Bonchev–Trinajstić information content (AvgIpc) is 2.81. The van der Waals surface area contributed by atoms with E-state index < -0.39 is 0 Å². The molecule has 0 aromatic carbocycles. The molecule has 2 rings (SSSR count). The lowest BCUT2D eigenvalue weighted by molar-refractivity contribution is 0.139. The van der Waals surface area contributed by atoms with Crippen LogP contribution in [0.15, 0.2) is 12.4 Å². The van der Waals surface area contributed by atoms with Gasteiger partial charge < -0.3 is 5.32 Å². The van der Waals surface area contributed by atoms with Crippen molar-refractivity contribution < 1.29 is 0 Å². The Bertz CT molecular complexity index is 356. The molecule has 0 saturated carbocycles. The highest BCUT2D eigenvalue weighted by molar-refractivity contribution is 5.05. The van der Waals surface area contributed by atoms with Crippen molar-refractivity contribution in [1.29, 1.82) is 0 Å². The number of hydrogen-bond acceptors (Lipinski definition) is 3. The third kappa shape index (κ3) is 3.33. The van der Waals surface area contributed by atoms with Gasteiger partial charge in [0.15, 0.2) is 0 Å². The summed E-state index contributed by atoms with van der Waals surface area (Å²) in [5.74, 6) is 0. The normalized spacial score (nSPS) is 21.7. The van der Waals surface area contributed by atoms with E-state index in [2.05, 4.69) is 35.4 Å². The Hall–Kier alpha value is -0.870. The van der Waals surface area contributed by atoms with Gasteiger partial charge in [-0.2, -0.15) is 5.10 Å². The van der Waals surface area contributed by atoms with Gasteiger partial charge in [-0.05, 0) is 40.3 Å². The number of nitrogens with one attached hydrogen (secondary N) is 1. The summed E-state index contributed by atoms with van der Waals surface area (Å²) in [5, 5.41) is 7.74. The maximum absolute atomic E-state index is 4.43. The second-order valence-corrected chi connectivity index (χ2v) is 5.60. The fourth-order valence-corrected chi connectivity index (χ4v) is 2.71. The predicted molar refractivity (Wildman–Crippen MR) is 74.6 cm³/mol. The van der Waals surface area contributed by atoms with Gasteiger partial charge >= 0.3 is 0 Å². The molecule has 2 heterocycles. The topological polar surface area (TPSA) is 33.1 Å². The summed E-state index contributed by atoms with van der Waals surface area (Å²) in [6, 6.07) is 1.14. The first-order chi connectivity index (χ1) is 8.70. The van der Waals surface area contributed by atoms with Gasteiger partial charge in [-0.15, -0.1) is 0 Å². The highest BCUT2D eigenvalue weighted by Crippen LogP contribution is 2.19. The summed E-state index contributed by atoms with van der Waals surface area (Å²) in [4.78, 5) is 2.60. The number of nitrogens with zero attached hydrogens (tertiary/aromatic N) is 3. The van der Waals surface area contributed by atoms with Gasteiger partial charge in [-0.3, -0.25) is 9.58 Å². The van der Waals surface area contributed by atoms with Crippen LogP contribution < -0.4 is 5.32 Å². The molecule has 1 aromatic heterocycles. The quantitative estimate of drug-likeness (QED) is 0.868. The molecule has 0 spiro atoms. The van der Waals surface area contributed by atoms with Crippen LogP contribution in [0.4, 0.5) is 0 Å². The first-order valence-electron chi connectivity index (χ1n) is 7.12. The van der Waals surface area contributed by atoms with Gasteiger partial charge in [0.2, 0.25) is 0 Å². The molecule has 4 nitrogen and oxygen atoms in total. The van der Waals surface area contributed by atoms with E-state index in [1.807, 2.05) is 17.9 Å². The van der Waals surface area contributed by atoms with Gasteiger partial charge in [0.1, 0.15) is 0 Å². The van der Waals surface area contributed by atoms with Crippen molar-refractivity contribution >= 4 is 0 Å². The van der Waals surface area contributed by atoms with E-state index in [-0.39, 0.29) is 0 Å². The maximum Gasteiger partial charge on any atom is 0.0534 e. The summed E-state index contributed by atoms with van der Waals surface area (Å²) >= 11 is 0. The van der Waals surface area contributed by atoms with E-state index in [0.29, 0.717) is 12.1 Å². The Labute approximate surface area is 110 Å². The third-order valence-corrected chi connectivity index (χ3v) is 3.76. The molecule has 1 aliphatic heterocycles. The molecule has 0 aliphatic carbocycles. The Morgan fingerprint density at radius 3 is 2.94 bits per heavy atom. The minimum Gasteiger partial charge on any atom is -0.318 e. The number of likely N-dealkylation sites (N-methyl/N-ethyl adjacent to an activating group) is 1. The average molecular weight is 250 g/mol. The zero-order valence-corrected chi connectivity index (χ0v) is 11.9. The van der Waals surface area contributed by atoms with Crippen LogP contribution in [0.5, 0.6) is 0 Å². The summed E-state index contributed by atoms with van der Waals surface area (Å²) in [6.45, 7) is 7.69. The van der Waals surface area contributed by atoms with Gasteiger partial charge in [0.05, 0.1) is 6.20 Å². The van der Waals surface area contributed by atoms with Gasteiger partial charge in [0.25, 0.3) is 0 Å². The van der Waals surface area contributed by atoms with Crippen molar-refractivity contribution in [3.8, 4) is 0 Å². The van der Waals surface area contributed by atoms with E-state index in [0.717, 1.165) is 13.1 Å². The summed E-state index contributed by atoms with van der Waals surface area (Å²) < 4.78 is 2.05. The maximum atomic E-state index is 4.43. The largest absolute Gasteiger partial charge is 0.318 e. The monoisotopic (exact) mass is 250 g/mol. The highest BCUT2D eigenvalue weighted by atomic mass is 15.3. The van der Waals surface area contributed by atoms with Crippen molar-refractivity contribution in [2.45, 2.75) is 51.7 Å². The van der Waals surface area contributed by atoms with Crippen molar-refractivity contribution in [1.82, 2.24) is 20.0 Å². The number of rotatable bonds is 5. The summed E-state index contributed by atoms with van der Waals surface area (Å²) in [5.41, 5.74) is 1.34. The van der Waals surface area contributed by atoms with E-state index in [4.69, 9.17) is 0 Å². The van der Waals surface area contributed by atoms with Crippen molar-refractivity contribution in [2.75, 3.05) is 20.1 Å². The lowest BCUT2D eigenvalue weighted by atomic mass is 10.0. The van der Waals surface area contributed by atoms with Crippen LogP contribution in [0.2, 0.25) is 0 Å². The second kappa shape index (κ2) is 6.34. The molecule has 1 unspecified atom stereocenters. The Kier molecular flexibility index (Phi) is 4.78. The summed E-state index contributed by atoms with van der Waals surface area (Å²) in [6.07, 6.45) is 8.23. The molecule has 0 radical (unpaired) electrons. The Morgan fingerprint density at radius 2 is 2.28 bits per heavy atom.